The van der Waals surface area contributed by atoms with Gasteiger partial charge in [-0.3, -0.25) is 9.69 Å². The van der Waals surface area contributed by atoms with Crippen LogP contribution >= 0.6 is 11.3 Å². The molecule has 0 saturated heterocycles. The number of aryl methyl sites for hydroxylation is 1. The maximum atomic E-state index is 13.7. The van der Waals surface area contributed by atoms with Crippen LogP contribution in [-0.4, -0.2) is 33.6 Å². The van der Waals surface area contributed by atoms with Gasteiger partial charge in [0.05, 0.1) is 17.6 Å². The number of hydrogen-bond donors (Lipinski definition) is 0. The van der Waals surface area contributed by atoms with E-state index in [1.54, 1.807) is 17.4 Å². The van der Waals surface area contributed by atoms with Crippen molar-refractivity contribution in [2.75, 3.05) is 18.1 Å². The number of imidazole rings is 1. The maximum Gasteiger partial charge on any atom is 0.260 e. The maximum absolute atomic E-state index is 13.7. The van der Waals surface area contributed by atoms with Gasteiger partial charge in [-0.1, -0.05) is 47.7 Å². The fraction of sp³-hybridized carbons (Fsp3) is 0.192. The highest BCUT2D eigenvalue weighted by Gasteiger charge is 2.22. The molecule has 0 N–H and O–H groups in total. The molecule has 0 spiro atoms. The highest BCUT2D eigenvalue weighted by Crippen LogP contribution is 2.35. The van der Waals surface area contributed by atoms with E-state index in [0.717, 1.165) is 39.7 Å². The fourth-order valence-corrected chi connectivity index (χ4v) is 4.90. The van der Waals surface area contributed by atoms with Crippen LogP contribution in [0, 0.1) is 0 Å². The Morgan fingerprint density at radius 3 is 2.79 bits per heavy atom. The zero-order valence-electron chi connectivity index (χ0n) is 18.3. The van der Waals surface area contributed by atoms with Gasteiger partial charge in [0.25, 0.3) is 5.91 Å². The van der Waals surface area contributed by atoms with Gasteiger partial charge >= 0.3 is 0 Å². The SMILES string of the molecule is CCOc1cccc2sc(N(CCCn3ccnc3)C(=O)c3ccc4ccccc4c3)nc12. The number of anilines is 1. The summed E-state index contributed by atoms with van der Waals surface area (Å²) in [7, 11) is 0. The summed E-state index contributed by atoms with van der Waals surface area (Å²) in [5, 5.41) is 2.84. The first-order chi connectivity index (χ1) is 16.2. The Kier molecular flexibility index (Phi) is 6.04. The van der Waals surface area contributed by atoms with Crippen LogP contribution in [0.5, 0.6) is 5.75 Å². The number of rotatable bonds is 8. The van der Waals surface area contributed by atoms with Gasteiger partial charge in [-0.15, -0.1) is 0 Å². The molecule has 0 aliphatic carbocycles. The Morgan fingerprint density at radius 2 is 1.97 bits per heavy atom. The second-order valence-corrected chi connectivity index (χ2v) is 8.71. The summed E-state index contributed by atoms with van der Waals surface area (Å²) in [6, 6.07) is 19.8. The average Bonchev–Trinajstić information content (AvgIpc) is 3.52. The van der Waals surface area contributed by atoms with E-state index >= 15 is 0 Å². The van der Waals surface area contributed by atoms with Crippen LogP contribution in [0.4, 0.5) is 5.13 Å². The number of amides is 1. The van der Waals surface area contributed by atoms with E-state index in [2.05, 4.69) is 11.1 Å². The normalized spacial score (nSPS) is 11.2. The third kappa shape index (κ3) is 4.45. The Labute approximate surface area is 196 Å². The second-order valence-electron chi connectivity index (χ2n) is 7.71. The van der Waals surface area contributed by atoms with Gasteiger partial charge < -0.3 is 9.30 Å². The van der Waals surface area contributed by atoms with Crippen molar-refractivity contribution in [1.29, 1.82) is 0 Å². The van der Waals surface area contributed by atoms with Crippen LogP contribution in [0.25, 0.3) is 21.0 Å². The number of benzene rings is 3. The minimum atomic E-state index is -0.0524. The van der Waals surface area contributed by atoms with E-state index in [9.17, 15) is 4.79 Å². The molecule has 166 valence electrons. The van der Waals surface area contributed by atoms with Crippen molar-refractivity contribution in [3.05, 3.63) is 84.9 Å². The molecule has 0 radical (unpaired) electrons. The molecule has 2 heterocycles. The molecule has 5 rings (SSSR count). The number of thiazole rings is 1. The van der Waals surface area contributed by atoms with Crippen LogP contribution in [0.2, 0.25) is 0 Å². The molecule has 0 atom stereocenters. The lowest BCUT2D eigenvalue weighted by molar-refractivity contribution is 0.0986. The largest absolute Gasteiger partial charge is 0.492 e. The summed E-state index contributed by atoms with van der Waals surface area (Å²) >= 11 is 1.51. The lowest BCUT2D eigenvalue weighted by Gasteiger charge is -2.20. The van der Waals surface area contributed by atoms with Crippen molar-refractivity contribution < 1.29 is 9.53 Å². The number of fused-ring (bicyclic) bond motifs is 2. The second kappa shape index (κ2) is 9.42. The van der Waals surface area contributed by atoms with Crippen molar-refractivity contribution in [2.45, 2.75) is 19.9 Å². The summed E-state index contributed by atoms with van der Waals surface area (Å²) in [4.78, 5) is 24.4. The van der Waals surface area contributed by atoms with E-state index in [1.165, 1.54) is 11.3 Å². The van der Waals surface area contributed by atoms with Crippen LogP contribution in [0.15, 0.2) is 79.4 Å². The number of hydrogen-bond acceptors (Lipinski definition) is 5. The molecule has 3 aromatic carbocycles. The average molecular weight is 457 g/mol. The van der Waals surface area contributed by atoms with E-state index in [4.69, 9.17) is 9.72 Å². The first-order valence-electron chi connectivity index (χ1n) is 11.0. The summed E-state index contributed by atoms with van der Waals surface area (Å²) in [5.74, 6) is 0.692. The van der Waals surface area contributed by atoms with E-state index in [1.807, 2.05) is 72.3 Å². The first kappa shape index (κ1) is 21.2. The predicted octanol–water partition coefficient (Wildman–Crippen LogP) is 5.78. The number of para-hydroxylation sites is 1. The molecule has 5 aromatic rings. The number of nitrogens with zero attached hydrogens (tertiary/aromatic N) is 4. The minimum absolute atomic E-state index is 0.0524. The molecule has 0 aliphatic heterocycles. The van der Waals surface area contributed by atoms with Crippen molar-refractivity contribution in [3.63, 3.8) is 0 Å². The molecule has 0 aliphatic rings. The van der Waals surface area contributed by atoms with E-state index in [0.29, 0.717) is 23.8 Å². The van der Waals surface area contributed by atoms with Gasteiger partial charge in [0.1, 0.15) is 11.3 Å². The summed E-state index contributed by atoms with van der Waals surface area (Å²) in [5.41, 5.74) is 1.45. The summed E-state index contributed by atoms with van der Waals surface area (Å²) in [6.45, 7) is 3.85. The van der Waals surface area contributed by atoms with Gasteiger partial charge in [0.2, 0.25) is 0 Å². The summed E-state index contributed by atoms with van der Waals surface area (Å²) < 4.78 is 8.79. The zero-order chi connectivity index (χ0) is 22.6. The number of carbonyl (C=O) groups is 1. The Bertz CT molecular complexity index is 1390. The van der Waals surface area contributed by atoms with Crippen molar-refractivity contribution in [2.24, 2.45) is 0 Å². The van der Waals surface area contributed by atoms with Crippen LogP contribution in [0.3, 0.4) is 0 Å². The van der Waals surface area contributed by atoms with E-state index < -0.39 is 0 Å². The Hall–Kier alpha value is -3.71. The van der Waals surface area contributed by atoms with Crippen molar-refractivity contribution in [3.8, 4) is 5.75 Å². The van der Waals surface area contributed by atoms with Gasteiger partial charge in [0.15, 0.2) is 5.13 Å². The third-order valence-electron chi connectivity index (χ3n) is 5.50. The molecule has 0 unspecified atom stereocenters. The van der Waals surface area contributed by atoms with Crippen LogP contribution < -0.4 is 9.64 Å². The molecule has 6 nitrogen and oxygen atoms in total. The highest BCUT2D eigenvalue weighted by atomic mass is 32.1. The molecule has 1 amide bonds. The number of aromatic nitrogens is 3. The molecule has 0 bridgehead atoms. The number of carbonyl (C=O) groups excluding carboxylic acids is 1. The fourth-order valence-electron chi connectivity index (χ4n) is 3.89. The molecule has 0 saturated carbocycles. The summed E-state index contributed by atoms with van der Waals surface area (Å²) in [6.07, 6.45) is 6.27. The smallest absolute Gasteiger partial charge is 0.260 e. The van der Waals surface area contributed by atoms with Gasteiger partial charge in [0, 0.05) is 31.0 Å². The standard InChI is InChI=1S/C26H24N4O2S/c1-2-32-22-9-5-10-23-24(22)28-26(33-23)30(15-6-14-29-16-13-27-18-29)25(31)21-12-11-19-7-3-4-8-20(19)17-21/h3-5,7-13,16-18H,2,6,14-15H2,1H3. The van der Waals surface area contributed by atoms with Crippen molar-refractivity contribution in [1.82, 2.24) is 14.5 Å². The monoisotopic (exact) mass is 456 g/mol. The number of ether oxygens (including phenoxy) is 1. The van der Waals surface area contributed by atoms with Gasteiger partial charge in [-0.25, -0.2) is 9.97 Å². The molecule has 2 aromatic heterocycles. The molecule has 7 heteroatoms. The highest BCUT2D eigenvalue weighted by molar-refractivity contribution is 7.22. The lowest BCUT2D eigenvalue weighted by Crippen LogP contribution is -2.32. The predicted molar refractivity (Wildman–Crippen MR) is 133 cm³/mol. The first-order valence-corrected chi connectivity index (χ1v) is 11.8. The minimum Gasteiger partial charge on any atom is -0.492 e. The lowest BCUT2D eigenvalue weighted by atomic mass is 10.1. The van der Waals surface area contributed by atoms with Crippen LogP contribution in [-0.2, 0) is 6.54 Å². The Morgan fingerprint density at radius 1 is 1.09 bits per heavy atom. The zero-order valence-corrected chi connectivity index (χ0v) is 19.2. The van der Waals surface area contributed by atoms with Gasteiger partial charge in [-0.05, 0) is 48.4 Å². The third-order valence-corrected chi connectivity index (χ3v) is 6.54. The molecule has 0 fully saturated rings. The Balaban J connectivity index is 1.49. The quantitative estimate of drug-likeness (QED) is 0.297. The van der Waals surface area contributed by atoms with Crippen molar-refractivity contribution >= 4 is 43.4 Å². The van der Waals surface area contributed by atoms with Crippen LogP contribution in [0.1, 0.15) is 23.7 Å². The molecular weight excluding hydrogens is 432 g/mol. The van der Waals surface area contributed by atoms with Gasteiger partial charge in [-0.2, -0.15) is 0 Å². The topological polar surface area (TPSA) is 60.2 Å². The molecule has 33 heavy (non-hydrogen) atoms. The van der Waals surface area contributed by atoms with E-state index in [-0.39, 0.29) is 5.91 Å². The molecular formula is C26H24N4O2S.